The van der Waals surface area contributed by atoms with Crippen LogP contribution in [0.5, 0.6) is 5.75 Å². The maximum Gasteiger partial charge on any atom is 0.311 e. The Morgan fingerprint density at radius 2 is 2.25 bits per heavy atom. The summed E-state index contributed by atoms with van der Waals surface area (Å²) in [5.74, 6) is -0.104. The van der Waals surface area contributed by atoms with E-state index in [1.807, 2.05) is 24.3 Å². The maximum atomic E-state index is 12.0. The van der Waals surface area contributed by atoms with Crippen LogP contribution in [0.3, 0.4) is 0 Å². The second-order valence-electron chi connectivity index (χ2n) is 4.75. The Morgan fingerprint density at radius 1 is 1.45 bits per heavy atom. The molecule has 1 N–H and O–H groups in total. The first kappa shape index (κ1) is 14.4. The van der Waals surface area contributed by atoms with Crippen molar-refractivity contribution in [2.45, 2.75) is 19.3 Å². The summed E-state index contributed by atoms with van der Waals surface area (Å²) in [6, 6.07) is 7.49. The quantitative estimate of drug-likeness (QED) is 0.847. The predicted octanol–water partition coefficient (Wildman–Crippen LogP) is 1.48. The van der Waals surface area contributed by atoms with Gasteiger partial charge in [0.1, 0.15) is 5.75 Å². The summed E-state index contributed by atoms with van der Waals surface area (Å²) in [5, 5.41) is 2.73. The summed E-state index contributed by atoms with van der Waals surface area (Å²) in [5.41, 5.74) is 0.928. The fraction of sp³-hybridized carbons (Fsp3) is 0.467. The number of piperidine rings is 1. The van der Waals surface area contributed by atoms with E-state index >= 15 is 0 Å². The third-order valence-corrected chi connectivity index (χ3v) is 3.52. The Morgan fingerprint density at radius 3 is 2.95 bits per heavy atom. The molecule has 1 aromatic rings. The van der Waals surface area contributed by atoms with Gasteiger partial charge in [0.2, 0.25) is 5.91 Å². The molecule has 0 saturated carbocycles. The van der Waals surface area contributed by atoms with Crippen molar-refractivity contribution in [3.8, 4) is 5.75 Å². The molecular weight excluding hydrogens is 258 g/mol. The van der Waals surface area contributed by atoms with Crippen molar-refractivity contribution in [1.82, 2.24) is 5.32 Å². The molecule has 1 aliphatic heterocycles. The minimum absolute atomic E-state index is 0.0432. The van der Waals surface area contributed by atoms with Gasteiger partial charge in [0.05, 0.1) is 19.6 Å². The summed E-state index contributed by atoms with van der Waals surface area (Å²) in [4.78, 5) is 23.7. The number of esters is 1. The average molecular weight is 277 g/mol. The van der Waals surface area contributed by atoms with Gasteiger partial charge in [-0.25, -0.2) is 0 Å². The second kappa shape index (κ2) is 6.41. The molecule has 1 aromatic carbocycles. The van der Waals surface area contributed by atoms with Gasteiger partial charge in [0.25, 0.3) is 0 Å². The number of carbonyl (C=O) groups is 2. The molecule has 0 radical (unpaired) electrons. The smallest absolute Gasteiger partial charge is 0.311 e. The van der Waals surface area contributed by atoms with Gasteiger partial charge in [-0.2, -0.15) is 0 Å². The number of hydrogen-bond acceptors (Lipinski definition) is 4. The molecule has 1 fully saturated rings. The van der Waals surface area contributed by atoms with Crippen LogP contribution in [0.15, 0.2) is 24.3 Å². The molecule has 0 bridgehead atoms. The highest BCUT2D eigenvalue weighted by Crippen LogP contribution is 2.33. The zero-order valence-electron chi connectivity index (χ0n) is 11.7. The number of rotatable bonds is 4. The number of ether oxygens (including phenoxy) is 2. The standard InChI is InChI=1S/C15H19NO4/c1-3-20-15(18)13-9-16-14(17)8-12(13)10-5-4-6-11(7-10)19-2/h4-7,12-13H,3,8-9H2,1-2H3,(H,16,17). The summed E-state index contributed by atoms with van der Waals surface area (Å²) in [6.45, 7) is 2.44. The fourth-order valence-corrected chi connectivity index (χ4v) is 2.50. The molecule has 1 amide bonds. The summed E-state index contributed by atoms with van der Waals surface area (Å²) in [6.07, 6.45) is 0.288. The van der Waals surface area contributed by atoms with E-state index in [1.165, 1.54) is 0 Å². The molecular formula is C15H19NO4. The van der Waals surface area contributed by atoms with Gasteiger partial charge in [0.15, 0.2) is 0 Å². The van der Waals surface area contributed by atoms with Gasteiger partial charge < -0.3 is 14.8 Å². The molecule has 2 rings (SSSR count). The normalized spacial score (nSPS) is 22.0. The number of amides is 1. The molecule has 20 heavy (non-hydrogen) atoms. The van der Waals surface area contributed by atoms with Crippen molar-refractivity contribution in [3.63, 3.8) is 0 Å². The molecule has 5 heteroatoms. The maximum absolute atomic E-state index is 12.0. The lowest BCUT2D eigenvalue weighted by atomic mass is 9.81. The molecule has 0 spiro atoms. The largest absolute Gasteiger partial charge is 0.497 e. The lowest BCUT2D eigenvalue weighted by molar-refractivity contribution is -0.150. The van der Waals surface area contributed by atoms with Gasteiger partial charge in [-0.3, -0.25) is 9.59 Å². The molecule has 1 heterocycles. The Labute approximate surface area is 118 Å². The number of methoxy groups -OCH3 is 1. The fourth-order valence-electron chi connectivity index (χ4n) is 2.50. The van der Waals surface area contributed by atoms with Crippen LogP contribution >= 0.6 is 0 Å². The zero-order chi connectivity index (χ0) is 14.5. The Kier molecular flexibility index (Phi) is 4.61. The van der Waals surface area contributed by atoms with E-state index in [0.29, 0.717) is 13.2 Å². The monoisotopic (exact) mass is 277 g/mol. The van der Waals surface area contributed by atoms with Crippen LogP contribution in [0, 0.1) is 5.92 Å². The third kappa shape index (κ3) is 3.10. The van der Waals surface area contributed by atoms with E-state index in [0.717, 1.165) is 11.3 Å². The Hall–Kier alpha value is -2.04. The van der Waals surface area contributed by atoms with Gasteiger partial charge in [-0.05, 0) is 24.6 Å². The lowest BCUT2D eigenvalue weighted by Crippen LogP contribution is -2.43. The first-order valence-corrected chi connectivity index (χ1v) is 6.73. The van der Waals surface area contributed by atoms with Crippen molar-refractivity contribution in [1.29, 1.82) is 0 Å². The van der Waals surface area contributed by atoms with Crippen LogP contribution in [0.2, 0.25) is 0 Å². The lowest BCUT2D eigenvalue weighted by Gasteiger charge is -2.30. The van der Waals surface area contributed by atoms with Crippen LogP contribution in [0.1, 0.15) is 24.8 Å². The Balaban J connectivity index is 2.27. The molecule has 1 saturated heterocycles. The summed E-state index contributed by atoms with van der Waals surface area (Å²) >= 11 is 0. The van der Waals surface area contributed by atoms with Crippen LogP contribution in [-0.2, 0) is 14.3 Å². The average Bonchev–Trinajstić information content (AvgIpc) is 2.47. The molecule has 0 aromatic heterocycles. The SMILES string of the molecule is CCOC(=O)C1CNC(=O)CC1c1cccc(OC)c1. The number of benzene rings is 1. The third-order valence-electron chi connectivity index (χ3n) is 3.52. The molecule has 2 atom stereocenters. The number of hydrogen-bond donors (Lipinski definition) is 1. The molecule has 5 nitrogen and oxygen atoms in total. The van der Waals surface area contributed by atoms with Gasteiger partial charge in [-0.15, -0.1) is 0 Å². The van der Waals surface area contributed by atoms with Crippen LogP contribution in [0.4, 0.5) is 0 Å². The molecule has 0 aliphatic carbocycles. The molecule has 108 valence electrons. The van der Waals surface area contributed by atoms with Crippen molar-refractivity contribution >= 4 is 11.9 Å². The zero-order valence-corrected chi connectivity index (χ0v) is 11.7. The molecule has 2 unspecified atom stereocenters. The highest BCUT2D eigenvalue weighted by Gasteiger charge is 2.36. The van der Waals surface area contributed by atoms with E-state index in [9.17, 15) is 9.59 Å². The van der Waals surface area contributed by atoms with Crippen molar-refractivity contribution in [2.24, 2.45) is 5.92 Å². The van der Waals surface area contributed by atoms with Crippen molar-refractivity contribution in [3.05, 3.63) is 29.8 Å². The predicted molar refractivity (Wildman–Crippen MR) is 73.5 cm³/mol. The van der Waals surface area contributed by atoms with Gasteiger partial charge in [-0.1, -0.05) is 12.1 Å². The van der Waals surface area contributed by atoms with Gasteiger partial charge in [0, 0.05) is 18.9 Å². The van der Waals surface area contributed by atoms with Crippen molar-refractivity contribution in [2.75, 3.05) is 20.3 Å². The van der Waals surface area contributed by atoms with E-state index in [2.05, 4.69) is 5.32 Å². The minimum atomic E-state index is -0.347. The number of carbonyl (C=O) groups excluding carboxylic acids is 2. The van der Waals surface area contributed by atoms with E-state index in [4.69, 9.17) is 9.47 Å². The first-order chi connectivity index (χ1) is 9.65. The van der Waals surface area contributed by atoms with E-state index in [1.54, 1.807) is 14.0 Å². The second-order valence-corrected chi connectivity index (χ2v) is 4.75. The summed E-state index contributed by atoms with van der Waals surface area (Å²) in [7, 11) is 1.59. The van der Waals surface area contributed by atoms with Crippen LogP contribution in [0.25, 0.3) is 0 Å². The minimum Gasteiger partial charge on any atom is -0.497 e. The number of nitrogens with one attached hydrogen (secondary N) is 1. The highest BCUT2D eigenvalue weighted by molar-refractivity contribution is 5.83. The Bertz CT molecular complexity index is 500. The molecule has 1 aliphatic rings. The topological polar surface area (TPSA) is 64.6 Å². The van der Waals surface area contributed by atoms with Gasteiger partial charge >= 0.3 is 5.97 Å². The van der Waals surface area contributed by atoms with E-state index < -0.39 is 0 Å². The van der Waals surface area contributed by atoms with Crippen LogP contribution < -0.4 is 10.1 Å². The van der Waals surface area contributed by atoms with Crippen LogP contribution in [-0.4, -0.2) is 32.1 Å². The van der Waals surface area contributed by atoms with E-state index in [-0.39, 0.29) is 30.1 Å². The van der Waals surface area contributed by atoms with Crippen molar-refractivity contribution < 1.29 is 19.1 Å². The highest BCUT2D eigenvalue weighted by atomic mass is 16.5. The first-order valence-electron chi connectivity index (χ1n) is 6.73. The summed E-state index contributed by atoms with van der Waals surface area (Å²) < 4.78 is 10.3.